The van der Waals surface area contributed by atoms with Gasteiger partial charge in [-0.2, -0.15) is 0 Å². The van der Waals surface area contributed by atoms with Gasteiger partial charge in [-0.1, -0.05) is 13.8 Å². The lowest BCUT2D eigenvalue weighted by atomic mass is 9.45. The average Bonchev–Trinajstić information content (AvgIpc) is 2.99. The van der Waals surface area contributed by atoms with Crippen molar-refractivity contribution in [2.45, 2.75) is 52.4 Å². The Morgan fingerprint density at radius 3 is 2.44 bits per heavy atom. The molecule has 0 saturated heterocycles. The molecule has 0 aliphatic heterocycles. The summed E-state index contributed by atoms with van der Waals surface area (Å²) in [4.78, 5) is 11.2. The number of hydrogen-bond donors (Lipinski definition) is 1. The van der Waals surface area contributed by atoms with Crippen molar-refractivity contribution in [3.63, 3.8) is 0 Å². The highest BCUT2D eigenvalue weighted by molar-refractivity contribution is 5.77. The highest BCUT2D eigenvalue weighted by Gasteiger charge is 2.58. The quantitative estimate of drug-likeness (QED) is 0.795. The van der Waals surface area contributed by atoms with Gasteiger partial charge in [0.05, 0.1) is 5.41 Å². The molecule has 0 aromatic carbocycles. The van der Waals surface area contributed by atoms with Gasteiger partial charge in [0.15, 0.2) is 0 Å². The van der Waals surface area contributed by atoms with Crippen molar-refractivity contribution in [1.29, 1.82) is 0 Å². The summed E-state index contributed by atoms with van der Waals surface area (Å²) in [5.74, 6) is 1.89. The predicted octanol–water partition coefficient (Wildman–Crippen LogP) is 3.31. The third-order valence-corrected chi connectivity index (χ3v) is 5.96. The summed E-state index contributed by atoms with van der Waals surface area (Å²) in [6, 6.07) is 0. The molecule has 0 radical (unpaired) electrons. The van der Waals surface area contributed by atoms with E-state index in [0.29, 0.717) is 11.3 Å². The zero-order valence-electron chi connectivity index (χ0n) is 10.3. The summed E-state index contributed by atoms with van der Waals surface area (Å²) in [5.41, 5.74) is 0.195. The molecule has 4 rings (SSSR count). The van der Waals surface area contributed by atoms with Crippen molar-refractivity contribution in [3.8, 4) is 0 Å². The molecule has 0 amide bonds. The van der Waals surface area contributed by atoms with Gasteiger partial charge in [0, 0.05) is 0 Å². The molecule has 4 aliphatic rings. The van der Waals surface area contributed by atoms with Gasteiger partial charge < -0.3 is 5.11 Å². The van der Waals surface area contributed by atoms with E-state index in [4.69, 9.17) is 0 Å². The lowest BCUT2D eigenvalue weighted by Crippen LogP contribution is -2.52. The highest BCUT2D eigenvalue weighted by atomic mass is 16.4. The van der Waals surface area contributed by atoms with Crippen LogP contribution in [-0.4, -0.2) is 11.1 Å². The number of carboxylic acid groups (broad SMARTS) is 1. The largest absolute Gasteiger partial charge is 0.481 e. The Bertz CT molecular complexity index is 326. The Hall–Kier alpha value is -0.530. The normalized spacial score (nSPS) is 42.2. The zero-order valence-corrected chi connectivity index (χ0v) is 10.3. The van der Waals surface area contributed by atoms with Crippen LogP contribution in [0.25, 0.3) is 0 Å². The SMILES string of the molecule is CC1(C)C2CCC(CC3(C(=O)O)CC3)C1C2. The fourth-order valence-electron chi connectivity index (χ4n) is 4.36. The van der Waals surface area contributed by atoms with Crippen molar-refractivity contribution in [1.82, 2.24) is 0 Å². The van der Waals surface area contributed by atoms with E-state index >= 15 is 0 Å². The monoisotopic (exact) mass is 222 g/mol. The van der Waals surface area contributed by atoms with Crippen LogP contribution in [0.5, 0.6) is 0 Å². The van der Waals surface area contributed by atoms with Crippen LogP contribution in [0.1, 0.15) is 52.4 Å². The molecule has 4 saturated carbocycles. The summed E-state index contributed by atoms with van der Waals surface area (Å²) < 4.78 is 0. The van der Waals surface area contributed by atoms with Gasteiger partial charge in [0.25, 0.3) is 0 Å². The molecule has 3 atom stereocenters. The molecular formula is C14H22O2. The third-order valence-electron chi connectivity index (χ3n) is 5.96. The van der Waals surface area contributed by atoms with Gasteiger partial charge in [-0.05, 0) is 61.7 Å². The predicted molar refractivity (Wildman–Crippen MR) is 62.0 cm³/mol. The molecule has 2 bridgehead atoms. The first kappa shape index (κ1) is 10.6. The van der Waals surface area contributed by atoms with E-state index in [-0.39, 0.29) is 5.41 Å². The van der Waals surface area contributed by atoms with Crippen LogP contribution in [0.15, 0.2) is 0 Å². The fourth-order valence-corrected chi connectivity index (χ4v) is 4.36. The number of hydrogen-bond acceptors (Lipinski definition) is 1. The Labute approximate surface area is 97.4 Å². The maximum atomic E-state index is 11.2. The number of carboxylic acids is 1. The van der Waals surface area contributed by atoms with Crippen LogP contribution < -0.4 is 0 Å². The maximum absolute atomic E-state index is 11.2. The minimum atomic E-state index is -0.535. The van der Waals surface area contributed by atoms with Gasteiger partial charge in [0.2, 0.25) is 0 Å². The van der Waals surface area contributed by atoms with Crippen LogP contribution >= 0.6 is 0 Å². The first-order chi connectivity index (χ1) is 7.46. The summed E-state index contributed by atoms with van der Waals surface area (Å²) in [5, 5.41) is 9.26. The minimum absolute atomic E-state index is 0.302. The summed E-state index contributed by atoms with van der Waals surface area (Å²) >= 11 is 0. The minimum Gasteiger partial charge on any atom is -0.481 e. The zero-order chi connectivity index (χ0) is 11.6. The Morgan fingerprint density at radius 1 is 1.31 bits per heavy atom. The van der Waals surface area contributed by atoms with Gasteiger partial charge in [0.1, 0.15) is 0 Å². The third kappa shape index (κ3) is 1.28. The second-order valence-electron chi connectivity index (χ2n) is 6.99. The van der Waals surface area contributed by atoms with Crippen molar-refractivity contribution in [2.24, 2.45) is 28.6 Å². The Kier molecular flexibility index (Phi) is 2.01. The van der Waals surface area contributed by atoms with E-state index in [1.54, 1.807) is 0 Å². The van der Waals surface area contributed by atoms with Crippen LogP contribution in [0.2, 0.25) is 0 Å². The lowest BCUT2D eigenvalue weighted by molar-refractivity contribution is -0.148. The summed E-state index contributed by atoms with van der Waals surface area (Å²) in [6.07, 6.45) is 6.80. The van der Waals surface area contributed by atoms with Gasteiger partial charge in [-0.3, -0.25) is 4.79 Å². The molecule has 16 heavy (non-hydrogen) atoms. The van der Waals surface area contributed by atoms with Crippen LogP contribution in [0, 0.1) is 28.6 Å². The molecule has 3 unspecified atom stereocenters. The van der Waals surface area contributed by atoms with Gasteiger partial charge in [-0.25, -0.2) is 0 Å². The van der Waals surface area contributed by atoms with E-state index in [9.17, 15) is 9.90 Å². The van der Waals surface area contributed by atoms with Crippen LogP contribution in [0.4, 0.5) is 0 Å². The summed E-state index contributed by atoms with van der Waals surface area (Å²) in [7, 11) is 0. The van der Waals surface area contributed by atoms with Crippen molar-refractivity contribution < 1.29 is 9.90 Å². The number of rotatable bonds is 3. The van der Waals surface area contributed by atoms with Crippen LogP contribution in [-0.2, 0) is 4.79 Å². The molecule has 4 fully saturated rings. The van der Waals surface area contributed by atoms with Crippen molar-refractivity contribution in [2.75, 3.05) is 0 Å². The van der Waals surface area contributed by atoms with E-state index in [0.717, 1.165) is 31.1 Å². The second kappa shape index (κ2) is 3.02. The Morgan fingerprint density at radius 2 is 2.00 bits per heavy atom. The van der Waals surface area contributed by atoms with E-state index in [1.165, 1.54) is 19.3 Å². The standard InChI is InChI=1S/C14H22O2/c1-13(2)10-4-3-9(11(13)7-10)8-14(5-6-14)12(15)16/h9-11H,3-8H2,1-2H3,(H,15,16). The Balaban J connectivity index is 1.70. The van der Waals surface area contributed by atoms with Gasteiger partial charge in [-0.15, -0.1) is 0 Å². The molecule has 1 N–H and O–H groups in total. The first-order valence-electron chi connectivity index (χ1n) is 6.69. The summed E-state index contributed by atoms with van der Waals surface area (Å²) in [6.45, 7) is 4.77. The number of fused-ring (bicyclic) bond motifs is 2. The molecule has 0 spiro atoms. The van der Waals surface area contributed by atoms with Crippen molar-refractivity contribution >= 4 is 5.97 Å². The molecular weight excluding hydrogens is 200 g/mol. The number of aliphatic carboxylic acids is 1. The van der Waals surface area contributed by atoms with E-state index in [1.807, 2.05) is 0 Å². The smallest absolute Gasteiger partial charge is 0.309 e. The van der Waals surface area contributed by atoms with Crippen LogP contribution in [0.3, 0.4) is 0 Å². The fraction of sp³-hybridized carbons (Fsp3) is 0.929. The molecule has 4 aliphatic carbocycles. The molecule has 0 aromatic rings. The number of carbonyl (C=O) groups is 1. The molecule has 90 valence electrons. The molecule has 0 heterocycles. The molecule has 2 nitrogen and oxygen atoms in total. The lowest BCUT2D eigenvalue weighted by Gasteiger charge is -2.60. The van der Waals surface area contributed by atoms with E-state index < -0.39 is 5.97 Å². The second-order valence-corrected chi connectivity index (χ2v) is 6.99. The van der Waals surface area contributed by atoms with Crippen molar-refractivity contribution in [3.05, 3.63) is 0 Å². The molecule has 0 aromatic heterocycles. The maximum Gasteiger partial charge on any atom is 0.309 e. The highest BCUT2D eigenvalue weighted by Crippen LogP contribution is 2.65. The average molecular weight is 222 g/mol. The first-order valence-corrected chi connectivity index (χ1v) is 6.69. The topological polar surface area (TPSA) is 37.3 Å². The van der Waals surface area contributed by atoms with Gasteiger partial charge >= 0.3 is 5.97 Å². The van der Waals surface area contributed by atoms with E-state index in [2.05, 4.69) is 13.8 Å². The molecule has 2 heteroatoms.